The largest absolute Gasteiger partial charge is 0.369 e. The third-order valence-electron chi connectivity index (χ3n) is 2.46. The average molecular weight is 263 g/mol. The molecular formula is C13H11ClN2S. The highest BCUT2D eigenvalue weighted by Crippen LogP contribution is 2.24. The Morgan fingerprint density at radius 3 is 2.47 bits per heavy atom. The van der Waals surface area contributed by atoms with Crippen LogP contribution < -0.4 is 4.90 Å². The number of halogens is 1. The van der Waals surface area contributed by atoms with Gasteiger partial charge in [0.25, 0.3) is 0 Å². The van der Waals surface area contributed by atoms with E-state index >= 15 is 0 Å². The molecule has 0 radical (unpaired) electrons. The van der Waals surface area contributed by atoms with Crippen molar-refractivity contribution in [2.45, 2.75) is 6.54 Å². The SMILES string of the molecule is CN(Cc1ccc(Cl)s1)c1ccc(C#N)cc1. The second-order valence-electron chi connectivity index (χ2n) is 3.72. The molecule has 0 fully saturated rings. The zero-order chi connectivity index (χ0) is 12.3. The molecule has 86 valence electrons. The molecule has 2 nitrogen and oxygen atoms in total. The van der Waals surface area contributed by atoms with E-state index in [9.17, 15) is 0 Å². The Kier molecular flexibility index (Phi) is 3.68. The summed E-state index contributed by atoms with van der Waals surface area (Å²) in [5, 5.41) is 8.73. The van der Waals surface area contributed by atoms with Gasteiger partial charge in [-0.05, 0) is 36.4 Å². The number of rotatable bonds is 3. The lowest BCUT2D eigenvalue weighted by Crippen LogP contribution is -2.15. The highest BCUT2D eigenvalue weighted by molar-refractivity contribution is 7.16. The number of thiophene rings is 1. The molecule has 1 aromatic heterocycles. The molecule has 4 heteroatoms. The molecule has 0 atom stereocenters. The summed E-state index contributed by atoms with van der Waals surface area (Å²) in [5.74, 6) is 0. The first-order chi connectivity index (χ1) is 8.19. The molecule has 17 heavy (non-hydrogen) atoms. The maximum Gasteiger partial charge on any atom is 0.0991 e. The van der Waals surface area contributed by atoms with Gasteiger partial charge in [-0.1, -0.05) is 11.6 Å². The van der Waals surface area contributed by atoms with E-state index in [2.05, 4.69) is 11.0 Å². The zero-order valence-corrected chi connectivity index (χ0v) is 10.9. The van der Waals surface area contributed by atoms with Crippen LogP contribution in [0.1, 0.15) is 10.4 Å². The average Bonchev–Trinajstić information content (AvgIpc) is 2.75. The van der Waals surface area contributed by atoms with E-state index in [1.165, 1.54) is 4.88 Å². The Balaban J connectivity index is 2.09. The van der Waals surface area contributed by atoms with Gasteiger partial charge < -0.3 is 4.90 Å². The van der Waals surface area contributed by atoms with Crippen LogP contribution in [0.5, 0.6) is 0 Å². The third-order valence-corrected chi connectivity index (χ3v) is 3.67. The van der Waals surface area contributed by atoms with E-state index in [0.717, 1.165) is 16.6 Å². The molecule has 1 aromatic carbocycles. The van der Waals surface area contributed by atoms with Crippen molar-refractivity contribution < 1.29 is 0 Å². The molecule has 0 spiro atoms. The lowest BCUT2D eigenvalue weighted by molar-refractivity contribution is 0.940. The van der Waals surface area contributed by atoms with Crippen molar-refractivity contribution in [2.24, 2.45) is 0 Å². The van der Waals surface area contributed by atoms with Gasteiger partial charge in [0.15, 0.2) is 0 Å². The molecular weight excluding hydrogens is 252 g/mol. The van der Waals surface area contributed by atoms with Crippen LogP contribution in [-0.2, 0) is 6.54 Å². The van der Waals surface area contributed by atoms with Gasteiger partial charge in [0.2, 0.25) is 0 Å². The van der Waals surface area contributed by atoms with E-state index in [1.54, 1.807) is 11.3 Å². The Hall–Kier alpha value is -1.50. The summed E-state index contributed by atoms with van der Waals surface area (Å²) in [6.07, 6.45) is 0. The van der Waals surface area contributed by atoms with Crippen molar-refractivity contribution in [3.63, 3.8) is 0 Å². The molecule has 0 N–H and O–H groups in total. The van der Waals surface area contributed by atoms with E-state index in [-0.39, 0.29) is 0 Å². The number of nitriles is 1. The van der Waals surface area contributed by atoms with E-state index in [1.807, 2.05) is 43.4 Å². The standard InChI is InChI=1S/C13H11ClN2S/c1-16(9-12-6-7-13(14)17-12)11-4-2-10(8-15)3-5-11/h2-7H,9H2,1H3. The van der Waals surface area contributed by atoms with Gasteiger partial charge in [-0.3, -0.25) is 0 Å². The van der Waals surface area contributed by atoms with Gasteiger partial charge in [-0.25, -0.2) is 0 Å². The Morgan fingerprint density at radius 1 is 1.24 bits per heavy atom. The molecule has 0 aliphatic heterocycles. The Labute approximate surface area is 110 Å². The Morgan fingerprint density at radius 2 is 1.94 bits per heavy atom. The van der Waals surface area contributed by atoms with Crippen molar-refractivity contribution in [1.29, 1.82) is 5.26 Å². The van der Waals surface area contributed by atoms with E-state index in [4.69, 9.17) is 16.9 Å². The normalized spacial score (nSPS) is 9.94. The molecule has 2 rings (SSSR count). The minimum Gasteiger partial charge on any atom is -0.369 e. The van der Waals surface area contributed by atoms with Gasteiger partial charge >= 0.3 is 0 Å². The van der Waals surface area contributed by atoms with Crippen LogP contribution in [-0.4, -0.2) is 7.05 Å². The van der Waals surface area contributed by atoms with Gasteiger partial charge in [0, 0.05) is 17.6 Å². The lowest BCUT2D eigenvalue weighted by Gasteiger charge is -2.18. The molecule has 2 aromatic rings. The van der Waals surface area contributed by atoms with Crippen molar-refractivity contribution in [3.05, 3.63) is 51.2 Å². The number of hydrogen-bond donors (Lipinski definition) is 0. The van der Waals surface area contributed by atoms with Crippen LogP contribution in [0.3, 0.4) is 0 Å². The molecule has 0 aliphatic carbocycles. The molecule has 0 saturated carbocycles. The topological polar surface area (TPSA) is 27.0 Å². The second-order valence-corrected chi connectivity index (χ2v) is 5.52. The molecule has 0 aliphatic rings. The summed E-state index contributed by atoms with van der Waals surface area (Å²) < 4.78 is 0.813. The summed E-state index contributed by atoms with van der Waals surface area (Å²) in [7, 11) is 2.02. The fourth-order valence-electron chi connectivity index (χ4n) is 1.55. The fourth-order valence-corrected chi connectivity index (χ4v) is 2.69. The van der Waals surface area contributed by atoms with Gasteiger partial charge in [0.05, 0.1) is 22.5 Å². The van der Waals surface area contributed by atoms with Gasteiger partial charge in [-0.15, -0.1) is 11.3 Å². The summed E-state index contributed by atoms with van der Waals surface area (Å²) in [6.45, 7) is 0.823. The first kappa shape index (κ1) is 12.0. The molecule has 0 bridgehead atoms. The van der Waals surface area contributed by atoms with Crippen LogP contribution in [0.15, 0.2) is 36.4 Å². The minimum atomic E-state index is 0.682. The fraction of sp³-hybridized carbons (Fsp3) is 0.154. The number of nitrogens with zero attached hydrogens (tertiary/aromatic N) is 2. The zero-order valence-electron chi connectivity index (χ0n) is 9.35. The number of anilines is 1. The maximum atomic E-state index is 8.73. The summed E-state index contributed by atoms with van der Waals surface area (Å²) >= 11 is 7.48. The summed E-state index contributed by atoms with van der Waals surface area (Å²) in [5.41, 5.74) is 1.77. The van der Waals surface area contributed by atoms with Crippen LogP contribution >= 0.6 is 22.9 Å². The number of hydrogen-bond acceptors (Lipinski definition) is 3. The molecule has 0 amide bonds. The van der Waals surface area contributed by atoms with Crippen LogP contribution in [0.25, 0.3) is 0 Å². The predicted molar refractivity (Wildman–Crippen MR) is 72.6 cm³/mol. The summed E-state index contributed by atoms with van der Waals surface area (Å²) in [6, 6.07) is 13.6. The monoisotopic (exact) mass is 262 g/mol. The number of benzene rings is 1. The first-order valence-corrected chi connectivity index (χ1v) is 6.34. The van der Waals surface area contributed by atoms with Crippen LogP contribution in [0.4, 0.5) is 5.69 Å². The van der Waals surface area contributed by atoms with Gasteiger partial charge in [-0.2, -0.15) is 5.26 Å². The smallest absolute Gasteiger partial charge is 0.0991 e. The van der Waals surface area contributed by atoms with Crippen molar-refractivity contribution in [2.75, 3.05) is 11.9 Å². The van der Waals surface area contributed by atoms with Crippen molar-refractivity contribution >= 4 is 28.6 Å². The van der Waals surface area contributed by atoms with E-state index < -0.39 is 0 Å². The molecule has 0 saturated heterocycles. The van der Waals surface area contributed by atoms with Crippen LogP contribution in [0.2, 0.25) is 4.34 Å². The first-order valence-electron chi connectivity index (χ1n) is 5.14. The Bertz CT molecular complexity index is 539. The maximum absolute atomic E-state index is 8.73. The molecule has 1 heterocycles. The predicted octanol–water partition coefficient (Wildman–Crippen LogP) is 3.91. The highest BCUT2D eigenvalue weighted by atomic mass is 35.5. The van der Waals surface area contributed by atoms with Crippen molar-refractivity contribution in [3.8, 4) is 6.07 Å². The molecule has 0 unspecified atom stereocenters. The third kappa shape index (κ3) is 3.00. The quantitative estimate of drug-likeness (QED) is 0.839. The van der Waals surface area contributed by atoms with E-state index in [0.29, 0.717) is 5.56 Å². The van der Waals surface area contributed by atoms with Crippen molar-refractivity contribution in [1.82, 2.24) is 0 Å². The lowest BCUT2D eigenvalue weighted by atomic mass is 10.2. The van der Waals surface area contributed by atoms with Gasteiger partial charge in [0.1, 0.15) is 0 Å². The van der Waals surface area contributed by atoms with Crippen LogP contribution in [0, 0.1) is 11.3 Å². The summed E-state index contributed by atoms with van der Waals surface area (Å²) in [4.78, 5) is 3.35. The second kappa shape index (κ2) is 5.22. The minimum absolute atomic E-state index is 0.682. The highest BCUT2D eigenvalue weighted by Gasteiger charge is 2.04.